The van der Waals surface area contributed by atoms with E-state index in [0.717, 1.165) is 0 Å². The predicted molar refractivity (Wildman–Crippen MR) is 49.7 cm³/mol. The summed E-state index contributed by atoms with van der Waals surface area (Å²) < 4.78 is 1.55. The minimum atomic E-state index is -1.06. The number of nitrogens with zero attached hydrogens (tertiary/aromatic N) is 3. The molecule has 0 aliphatic rings. The molecule has 14 heavy (non-hydrogen) atoms. The minimum Gasteiger partial charge on any atom is -0.478 e. The van der Waals surface area contributed by atoms with Gasteiger partial charge in [-0.1, -0.05) is 11.6 Å². The summed E-state index contributed by atoms with van der Waals surface area (Å²) >= 11 is 5.76. The van der Waals surface area contributed by atoms with Crippen molar-refractivity contribution in [2.24, 2.45) is 0 Å². The normalized spacial score (nSPS) is 10.7. The van der Waals surface area contributed by atoms with E-state index in [1.807, 2.05) is 0 Å². The van der Waals surface area contributed by atoms with E-state index < -0.39 is 5.97 Å². The first-order valence-corrected chi connectivity index (χ1v) is 4.21. The average Bonchev–Trinajstić information content (AvgIpc) is 2.47. The van der Waals surface area contributed by atoms with Gasteiger partial charge in [-0.2, -0.15) is 0 Å². The van der Waals surface area contributed by atoms with Gasteiger partial charge in [-0.05, 0) is 13.0 Å². The van der Waals surface area contributed by atoms with Crippen LogP contribution in [0.15, 0.2) is 12.3 Å². The van der Waals surface area contributed by atoms with E-state index >= 15 is 0 Å². The van der Waals surface area contributed by atoms with Gasteiger partial charge in [0, 0.05) is 6.20 Å². The summed E-state index contributed by atoms with van der Waals surface area (Å²) in [5.74, 6) is -0.463. The predicted octanol–water partition coefficient (Wildman–Crippen LogP) is 1.39. The molecular weight excluding hydrogens is 206 g/mol. The second-order valence-electron chi connectivity index (χ2n) is 2.82. The highest BCUT2D eigenvalue weighted by Crippen LogP contribution is 2.16. The van der Waals surface area contributed by atoms with E-state index in [0.29, 0.717) is 16.5 Å². The van der Waals surface area contributed by atoms with Crippen molar-refractivity contribution >= 4 is 23.2 Å². The number of carboxylic acids is 1. The Kier molecular flexibility index (Phi) is 1.89. The lowest BCUT2D eigenvalue weighted by atomic mass is 10.3. The van der Waals surface area contributed by atoms with Crippen molar-refractivity contribution < 1.29 is 9.90 Å². The van der Waals surface area contributed by atoms with Gasteiger partial charge in [0.05, 0.1) is 5.02 Å². The molecule has 6 heteroatoms. The Morgan fingerprint density at radius 2 is 2.29 bits per heavy atom. The number of hydrogen-bond donors (Lipinski definition) is 1. The number of halogens is 1. The maximum absolute atomic E-state index is 10.8. The Morgan fingerprint density at radius 3 is 2.93 bits per heavy atom. The first-order chi connectivity index (χ1) is 6.59. The molecule has 72 valence electrons. The Balaban J connectivity index is 2.88. The second-order valence-corrected chi connectivity index (χ2v) is 3.25. The van der Waals surface area contributed by atoms with Crippen LogP contribution in [0.25, 0.3) is 5.65 Å². The number of hydrogen-bond acceptors (Lipinski definition) is 3. The van der Waals surface area contributed by atoms with E-state index in [-0.39, 0.29) is 5.56 Å². The summed E-state index contributed by atoms with van der Waals surface area (Å²) in [4.78, 5) is 10.8. The zero-order valence-corrected chi connectivity index (χ0v) is 7.99. The Labute approximate surface area is 83.9 Å². The lowest BCUT2D eigenvalue weighted by molar-refractivity contribution is 0.0698. The molecule has 0 saturated heterocycles. The van der Waals surface area contributed by atoms with Crippen LogP contribution in [-0.2, 0) is 0 Å². The number of aryl methyl sites for hydroxylation is 1. The maximum Gasteiger partial charge on any atom is 0.339 e. The third kappa shape index (κ3) is 1.22. The standard InChI is InChI=1S/C8H6ClN3O2/c1-4-10-11-7-6(8(13)14)2-5(9)3-12(4)7/h2-3H,1H3,(H,13,14). The molecule has 0 amide bonds. The van der Waals surface area contributed by atoms with Gasteiger partial charge in [0.25, 0.3) is 0 Å². The molecule has 5 nitrogen and oxygen atoms in total. The highest BCUT2D eigenvalue weighted by Gasteiger charge is 2.13. The fourth-order valence-corrected chi connectivity index (χ4v) is 1.43. The number of fused-ring (bicyclic) bond motifs is 1. The number of aromatic carboxylic acids is 1. The molecule has 2 heterocycles. The average molecular weight is 212 g/mol. The first-order valence-electron chi connectivity index (χ1n) is 3.84. The van der Waals surface area contributed by atoms with Gasteiger partial charge < -0.3 is 5.11 Å². The zero-order chi connectivity index (χ0) is 10.3. The summed E-state index contributed by atoms with van der Waals surface area (Å²) in [6.45, 7) is 1.72. The SMILES string of the molecule is Cc1nnc2c(C(=O)O)cc(Cl)cn12. The maximum atomic E-state index is 10.8. The largest absolute Gasteiger partial charge is 0.478 e. The smallest absolute Gasteiger partial charge is 0.339 e. The molecule has 2 aromatic heterocycles. The van der Waals surface area contributed by atoms with Gasteiger partial charge in [-0.3, -0.25) is 4.40 Å². The second kappa shape index (κ2) is 2.95. The van der Waals surface area contributed by atoms with Crippen LogP contribution in [0, 0.1) is 6.92 Å². The zero-order valence-electron chi connectivity index (χ0n) is 7.23. The Hall–Kier alpha value is -1.62. The van der Waals surface area contributed by atoms with Crippen LogP contribution in [0.5, 0.6) is 0 Å². The molecule has 0 bridgehead atoms. The molecular formula is C8H6ClN3O2. The first kappa shape index (κ1) is 8.96. The van der Waals surface area contributed by atoms with Crippen LogP contribution in [-0.4, -0.2) is 25.7 Å². The molecule has 0 fully saturated rings. The number of rotatable bonds is 1. The molecule has 0 aromatic carbocycles. The molecule has 0 aliphatic heterocycles. The number of carboxylic acid groups (broad SMARTS) is 1. The fourth-order valence-electron chi connectivity index (χ4n) is 1.23. The molecule has 2 rings (SSSR count). The molecule has 0 unspecified atom stereocenters. The van der Waals surface area contributed by atoms with Gasteiger partial charge in [-0.15, -0.1) is 10.2 Å². The van der Waals surface area contributed by atoms with Crippen LogP contribution in [0.2, 0.25) is 5.02 Å². The highest BCUT2D eigenvalue weighted by molar-refractivity contribution is 6.31. The summed E-state index contributed by atoms with van der Waals surface area (Å²) in [6.07, 6.45) is 1.58. The van der Waals surface area contributed by atoms with Crippen LogP contribution in [0.3, 0.4) is 0 Å². The van der Waals surface area contributed by atoms with Crippen molar-refractivity contribution in [1.29, 1.82) is 0 Å². The summed E-state index contributed by atoms with van der Waals surface area (Å²) in [6, 6.07) is 1.35. The van der Waals surface area contributed by atoms with Crippen molar-refractivity contribution in [1.82, 2.24) is 14.6 Å². The molecule has 0 spiro atoms. The Morgan fingerprint density at radius 1 is 1.57 bits per heavy atom. The quantitative estimate of drug-likeness (QED) is 0.774. The topological polar surface area (TPSA) is 67.5 Å². The van der Waals surface area contributed by atoms with E-state index in [4.69, 9.17) is 16.7 Å². The van der Waals surface area contributed by atoms with Crippen molar-refractivity contribution in [3.63, 3.8) is 0 Å². The van der Waals surface area contributed by atoms with E-state index in [2.05, 4.69) is 10.2 Å². The van der Waals surface area contributed by atoms with Crippen LogP contribution in [0.1, 0.15) is 16.2 Å². The molecule has 1 N–H and O–H groups in total. The minimum absolute atomic E-state index is 0.0538. The van der Waals surface area contributed by atoms with Gasteiger partial charge >= 0.3 is 5.97 Å². The monoisotopic (exact) mass is 211 g/mol. The third-order valence-electron chi connectivity index (χ3n) is 1.87. The van der Waals surface area contributed by atoms with Crippen molar-refractivity contribution in [2.45, 2.75) is 6.92 Å². The van der Waals surface area contributed by atoms with Crippen LogP contribution >= 0.6 is 11.6 Å². The van der Waals surface area contributed by atoms with Crippen molar-refractivity contribution in [3.05, 3.63) is 28.7 Å². The number of aromatic nitrogens is 3. The molecule has 0 radical (unpaired) electrons. The van der Waals surface area contributed by atoms with E-state index in [9.17, 15) is 4.79 Å². The van der Waals surface area contributed by atoms with Gasteiger partial charge in [0.2, 0.25) is 0 Å². The molecule has 2 aromatic rings. The summed E-state index contributed by atoms with van der Waals surface area (Å²) in [5.41, 5.74) is 0.359. The van der Waals surface area contributed by atoms with Gasteiger partial charge in [-0.25, -0.2) is 4.79 Å². The third-order valence-corrected chi connectivity index (χ3v) is 2.08. The number of pyridine rings is 1. The lowest BCUT2D eigenvalue weighted by Crippen LogP contribution is -2.01. The summed E-state index contributed by atoms with van der Waals surface area (Å²) in [5, 5.41) is 16.7. The van der Waals surface area contributed by atoms with Gasteiger partial charge in [0.1, 0.15) is 11.4 Å². The fraction of sp³-hybridized carbons (Fsp3) is 0.125. The molecule has 0 aliphatic carbocycles. The van der Waals surface area contributed by atoms with Gasteiger partial charge in [0.15, 0.2) is 5.65 Å². The summed E-state index contributed by atoms with van der Waals surface area (Å²) in [7, 11) is 0. The Bertz CT molecular complexity index is 521. The van der Waals surface area contributed by atoms with E-state index in [1.165, 1.54) is 6.07 Å². The highest BCUT2D eigenvalue weighted by atomic mass is 35.5. The number of carbonyl (C=O) groups is 1. The van der Waals surface area contributed by atoms with Crippen LogP contribution < -0.4 is 0 Å². The molecule has 0 saturated carbocycles. The van der Waals surface area contributed by atoms with Crippen molar-refractivity contribution in [3.8, 4) is 0 Å². The van der Waals surface area contributed by atoms with Crippen molar-refractivity contribution in [2.75, 3.05) is 0 Å². The van der Waals surface area contributed by atoms with Crippen LogP contribution in [0.4, 0.5) is 0 Å². The lowest BCUT2D eigenvalue weighted by Gasteiger charge is -1.99. The molecule has 0 atom stereocenters. The van der Waals surface area contributed by atoms with E-state index in [1.54, 1.807) is 17.5 Å².